The van der Waals surface area contributed by atoms with E-state index in [1.165, 1.54) is 17.4 Å². The first-order chi connectivity index (χ1) is 10.1. The number of carbonyl (C=O) groups is 1. The van der Waals surface area contributed by atoms with Crippen molar-refractivity contribution in [1.82, 2.24) is 10.3 Å². The highest BCUT2D eigenvalue weighted by Crippen LogP contribution is 2.13. The average molecular weight is 301 g/mol. The van der Waals surface area contributed by atoms with E-state index in [1.807, 2.05) is 6.07 Å². The van der Waals surface area contributed by atoms with Gasteiger partial charge in [-0.2, -0.15) is 0 Å². The number of anilines is 1. The molecule has 0 atom stereocenters. The van der Waals surface area contributed by atoms with Crippen LogP contribution in [0, 0.1) is 0 Å². The highest BCUT2D eigenvalue weighted by Gasteiger charge is 2.13. The maximum absolute atomic E-state index is 12.1. The molecular weight excluding hydrogens is 290 g/mol. The minimum atomic E-state index is -0.663. The second-order valence-corrected chi connectivity index (χ2v) is 5.23. The quantitative estimate of drug-likeness (QED) is 0.718. The van der Waals surface area contributed by atoms with E-state index in [1.54, 1.807) is 23.6 Å². The van der Waals surface area contributed by atoms with Gasteiger partial charge < -0.3 is 15.5 Å². The van der Waals surface area contributed by atoms with Crippen LogP contribution in [0.2, 0.25) is 0 Å². The van der Waals surface area contributed by atoms with Crippen molar-refractivity contribution in [3.8, 4) is 0 Å². The second-order valence-electron chi connectivity index (χ2n) is 4.35. The zero-order chi connectivity index (χ0) is 14.8. The molecule has 6 nitrogen and oxygen atoms in total. The number of para-hydroxylation sites is 1. The lowest BCUT2D eigenvalue weighted by Gasteiger charge is -2.03. The van der Waals surface area contributed by atoms with Crippen LogP contribution in [0.1, 0.15) is 16.1 Å². The summed E-state index contributed by atoms with van der Waals surface area (Å²) in [7, 11) is 0. The van der Waals surface area contributed by atoms with Crippen LogP contribution in [-0.2, 0) is 6.54 Å². The first kappa shape index (κ1) is 13.3. The van der Waals surface area contributed by atoms with Gasteiger partial charge in [-0.25, -0.2) is 9.78 Å². The number of thiazole rings is 1. The average Bonchev–Trinajstić information content (AvgIpc) is 2.89. The van der Waals surface area contributed by atoms with Crippen molar-refractivity contribution in [2.75, 3.05) is 5.73 Å². The van der Waals surface area contributed by atoms with Crippen molar-refractivity contribution in [3.63, 3.8) is 0 Å². The van der Waals surface area contributed by atoms with Crippen molar-refractivity contribution >= 4 is 33.3 Å². The van der Waals surface area contributed by atoms with Gasteiger partial charge >= 0.3 is 5.63 Å². The van der Waals surface area contributed by atoms with Crippen molar-refractivity contribution in [1.29, 1.82) is 0 Å². The fraction of sp³-hybridized carbons (Fsp3) is 0.0714. The van der Waals surface area contributed by atoms with Gasteiger partial charge in [-0.3, -0.25) is 4.79 Å². The third-order valence-electron chi connectivity index (χ3n) is 2.89. The molecule has 0 aliphatic heterocycles. The number of rotatable bonds is 3. The van der Waals surface area contributed by atoms with Gasteiger partial charge in [-0.1, -0.05) is 18.2 Å². The summed E-state index contributed by atoms with van der Waals surface area (Å²) >= 11 is 1.29. The van der Waals surface area contributed by atoms with Gasteiger partial charge in [0.1, 0.15) is 11.1 Å². The number of nitrogen functional groups attached to an aromatic ring is 1. The van der Waals surface area contributed by atoms with Crippen molar-refractivity contribution < 1.29 is 9.21 Å². The van der Waals surface area contributed by atoms with Gasteiger partial charge in [-0.05, 0) is 12.1 Å². The van der Waals surface area contributed by atoms with Crippen LogP contribution in [0.3, 0.4) is 0 Å². The Labute approximate surface area is 123 Å². The number of hydrogen-bond acceptors (Lipinski definition) is 6. The number of hydrogen-bond donors (Lipinski definition) is 2. The Morgan fingerprint density at radius 2 is 2.19 bits per heavy atom. The fourth-order valence-electron chi connectivity index (χ4n) is 1.89. The van der Waals surface area contributed by atoms with E-state index in [0.29, 0.717) is 21.8 Å². The molecule has 1 aromatic carbocycles. The summed E-state index contributed by atoms with van der Waals surface area (Å²) in [5.41, 5.74) is 5.92. The van der Waals surface area contributed by atoms with Crippen LogP contribution < -0.4 is 16.7 Å². The molecule has 0 aliphatic rings. The molecule has 0 fully saturated rings. The van der Waals surface area contributed by atoms with Crippen LogP contribution in [-0.4, -0.2) is 10.9 Å². The van der Waals surface area contributed by atoms with E-state index >= 15 is 0 Å². The lowest BCUT2D eigenvalue weighted by molar-refractivity contribution is 0.0947. The SMILES string of the molecule is Nc1nc(CNC(=O)c2cc3ccccc3oc2=O)cs1. The number of aromatic nitrogens is 1. The lowest BCUT2D eigenvalue weighted by Crippen LogP contribution is -2.27. The van der Waals surface area contributed by atoms with Crippen LogP contribution in [0.5, 0.6) is 0 Å². The summed E-state index contributed by atoms with van der Waals surface area (Å²) in [6.45, 7) is 0.207. The van der Waals surface area contributed by atoms with E-state index in [0.717, 1.165) is 0 Å². The van der Waals surface area contributed by atoms with Crippen LogP contribution in [0.4, 0.5) is 5.13 Å². The number of benzene rings is 1. The molecule has 7 heteroatoms. The molecule has 2 aromatic heterocycles. The normalized spacial score (nSPS) is 10.7. The highest BCUT2D eigenvalue weighted by atomic mass is 32.1. The minimum Gasteiger partial charge on any atom is -0.422 e. The van der Waals surface area contributed by atoms with E-state index in [-0.39, 0.29) is 12.1 Å². The Morgan fingerprint density at radius 3 is 2.95 bits per heavy atom. The first-order valence-electron chi connectivity index (χ1n) is 6.14. The monoisotopic (exact) mass is 301 g/mol. The predicted octanol–water partition coefficient (Wildman–Crippen LogP) is 1.76. The standard InChI is InChI=1S/C14H11N3O3S/c15-14-17-9(7-21-14)6-16-12(18)10-5-8-3-1-2-4-11(8)20-13(10)19/h1-5,7H,6H2,(H2,15,17)(H,16,18). The summed E-state index contributed by atoms with van der Waals surface area (Å²) in [6, 6.07) is 8.54. The number of nitrogens with zero attached hydrogens (tertiary/aromatic N) is 1. The highest BCUT2D eigenvalue weighted by molar-refractivity contribution is 7.13. The minimum absolute atomic E-state index is 0.0306. The summed E-state index contributed by atoms with van der Waals surface area (Å²) in [5.74, 6) is -0.499. The zero-order valence-corrected chi connectivity index (χ0v) is 11.6. The molecule has 106 valence electrons. The Bertz CT molecular complexity index is 869. The van der Waals surface area contributed by atoms with E-state index in [2.05, 4.69) is 10.3 Å². The summed E-state index contributed by atoms with van der Waals surface area (Å²) in [5, 5.41) is 5.50. The number of amides is 1. The van der Waals surface area contributed by atoms with Crippen LogP contribution >= 0.6 is 11.3 Å². The Morgan fingerprint density at radius 1 is 1.38 bits per heavy atom. The number of nitrogens with two attached hydrogens (primary N) is 1. The van der Waals surface area contributed by atoms with Crippen molar-refractivity contribution in [3.05, 3.63) is 57.4 Å². The molecule has 0 unspecified atom stereocenters. The maximum atomic E-state index is 12.1. The number of fused-ring (bicyclic) bond motifs is 1. The van der Waals surface area contributed by atoms with Gasteiger partial charge in [0.15, 0.2) is 5.13 Å². The summed E-state index contributed by atoms with van der Waals surface area (Å²) < 4.78 is 5.12. The van der Waals surface area contributed by atoms with Crippen LogP contribution in [0.15, 0.2) is 44.9 Å². The predicted molar refractivity (Wildman–Crippen MR) is 80.2 cm³/mol. The molecule has 0 spiro atoms. The molecule has 0 saturated carbocycles. The van der Waals surface area contributed by atoms with Gasteiger partial charge in [0.25, 0.3) is 5.91 Å². The van der Waals surface area contributed by atoms with Gasteiger partial charge in [-0.15, -0.1) is 11.3 Å². The molecule has 3 N–H and O–H groups in total. The number of carbonyl (C=O) groups excluding carboxylic acids is 1. The second kappa shape index (κ2) is 5.37. The number of nitrogens with one attached hydrogen (secondary N) is 1. The van der Waals surface area contributed by atoms with Gasteiger partial charge in [0.2, 0.25) is 0 Å². The molecule has 21 heavy (non-hydrogen) atoms. The molecule has 2 heterocycles. The van der Waals surface area contributed by atoms with Crippen molar-refractivity contribution in [2.24, 2.45) is 0 Å². The van der Waals surface area contributed by atoms with Gasteiger partial charge in [0, 0.05) is 10.8 Å². The molecule has 3 aromatic rings. The molecular formula is C14H11N3O3S. The fourth-order valence-corrected chi connectivity index (χ4v) is 2.45. The molecule has 0 bridgehead atoms. The Hall–Kier alpha value is -2.67. The molecule has 0 radical (unpaired) electrons. The molecule has 0 aliphatic carbocycles. The summed E-state index contributed by atoms with van der Waals surface area (Å²) in [6.07, 6.45) is 0. The lowest BCUT2D eigenvalue weighted by atomic mass is 10.2. The largest absolute Gasteiger partial charge is 0.422 e. The smallest absolute Gasteiger partial charge is 0.349 e. The topological polar surface area (TPSA) is 98.2 Å². The van der Waals surface area contributed by atoms with Crippen LogP contribution in [0.25, 0.3) is 11.0 Å². The molecule has 0 saturated heterocycles. The van der Waals surface area contributed by atoms with E-state index in [9.17, 15) is 9.59 Å². The van der Waals surface area contributed by atoms with E-state index < -0.39 is 11.5 Å². The molecule has 3 rings (SSSR count). The third kappa shape index (κ3) is 2.77. The molecule has 1 amide bonds. The Kier molecular flexibility index (Phi) is 3.41. The van der Waals surface area contributed by atoms with E-state index in [4.69, 9.17) is 10.2 Å². The first-order valence-corrected chi connectivity index (χ1v) is 7.02. The zero-order valence-electron chi connectivity index (χ0n) is 10.8. The third-order valence-corrected chi connectivity index (χ3v) is 3.61. The van der Waals surface area contributed by atoms with Crippen molar-refractivity contribution in [2.45, 2.75) is 6.54 Å². The van der Waals surface area contributed by atoms with Gasteiger partial charge in [0.05, 0.1) is 12.2 Å². The summed E-state index contributed by atoms with van der Waals surface area (Å²) in [4.78, 5) is 27.9. The Balaban J connectivity index is 1.84. The maximum Gasteiger partial charge on any atom is 0.349 e.